The molecule has 106 valence electrons. The van der Waals surface area contributed by atoms with Crippen LogP contribution in [0.5, 0.6) is 0 Å². The molecule has 8 heteroatoms. The number of hydrogen-bond acceptors (Lipinski definition) is 4. The first kappa shape index (κ1) is 15.9. The average molecular weight is 354 g/mol. The van der Waals surface area contributed by atoms with Crippen LogP contribution in [-0.4, -0.2) is 26.7 Å². The minimum Gasteiger partial charge on any atom is -0.465 e. The lowest BCUT2D eigenvalue weighted by Crippen LogP contribution is -2.24. The van der Waals surface area contributed by atoms with E-state index in [4.69, 9.17) is 0 Å². The molecule has 19 heavy (non-hydrogen) atoms. The van der Waals surface area contributed by atoms with Crippen LogP contribution >= 0.6 is 15.9 Å². The fourth-order valence-corrected chi connectivity index (χ4v) is 2.80. The summed E-state index contributed by atoms with van der Waals surface area (Å²) < 4.78 is 43.7. The Balaban J connectivity index is 2.90. The Hall–Kier alpha value is -1.15. The number of benzene rings is 1. The van der Waals surface area contributed by atoms with E-state index in [-0.39, 0.29) is 16.8 Å². The number of rotatable bonds is 5. The van der Waals surface area contributed by atoms with Gasteiger partial charge in [-0.2, -0.15) is 0 Å². The Morgan fingerprint density at radius 1 is 1.47 bits per heavy atom. The van der Waals surface area contributed by atoms with Crippen molar-refractivity contribution < 1.29 is 22.3 Å². The number of carbonyl (C=O) groups excluding carboxylic acids is 1. The van der Waals surface area contributed by atoms with Crippen LogP contribution in [0.1, 0.15) is 12.5 Å². The smallest absolute Gasteiger partial charge is 0.323 e. The molecule has 0 aromatic heterocycles. The topological polar surface area (TPSA) is 72.5 Å². The van der Waals surface area contributed by atoms with Crippen LogP contribution in [0.25, 0.3) is 0 Å². The summed E-state index contributed by atoms with van der Waals surface area (Å²) in [5, 5.41) is 0. The zero-order chi connectivity index (χ0) is 14.6. The molecule has 0 spiro atoms. The van der Waals surface area contributed by atoms with Gasteiger partial charge in [0.15, 0.2) is 5.75 Å². The van der Waals surface area contributed by atoms with Gasteiger partial charge >= 0.3 is 5.97 Å². The number of halogens is 2. The van der Waals surface area contributed by atoms with Gasteiger partial charge in [0.1, 0.15) is 5.82 Å². The average Bonchev–Trinajstić information content (AvgIpc) is 2.24. The zero-order valence-corrected chi connectivity index (χ0v) is 12.8. The minimum absolute atomic E-state index is 0.0880. The molecule has 1 aromatic carbocycles. The Bertz CT molecular complexity index is 589. The highest BCUT2D eigenvalue weighted by Crippen LogP contribution is 2.24. The number of aryl methyl sites for hydroxylation is 1. The molecule has 0 unspecified atom stereocenters. The molecule has 1 N–H and O–H groups in total. The molecular weight excluding hydrogens is 341 g/mol. The van der Waals surface area contributed by atoms with Crippen molar-refractivity contribution in [3.8, 4) is 0 Å². The molecule has 0 aliphatic heterocycles. The lowest BCUT2D eigenvalue weighted by Gasteiger charge is -2.11. The van der Waals surface area contributed by atoms with Crippen molar-refractivity contribution in [1.29, 1.82) is 0 Å². The van der Waals surface area contributed by atoms with Crippen LogP contribution in [0.4, 0.5) is 10.1 Å². The van der Waals surface area contributed by atoms with Crippen molar-refractivity contribution in [3.05, 3.63) is 28.0 Å². The highest BCUT2D eigenvalue weighted by Gasteiger charge is 2.19. The maximum absolute atomic E-state index is 13.3. The van der Waals surface area contributed by atoms with Gasteiger partial charge in [0.25, 0.3) is 0 Å². The summed E-state index contributed by atoms with van der Waals surface area (Å²) in [7, 11) is -3.91. The van der Waals surface area contributed by atoms with E-state index < -0.39 is 27.6 Å². The largest absolute Gasteiger partial charge is 0.465 e. The highest BCUT2D eigenvalue weighted by molar-refractivity contribution is 9.10. The third kappa shape index (κ3) is 4.79. The van der Waals surface area contributed by atoms with Crippen molar-refractivity contribution in [2.24, 2.45) is 0 Å². The van der Waals surface area contributed by atoms with Crippen LogP contribution in [0, 0.1) is 12.7 Å². The van der Waals surface area contributed by atoms with Crippen LogP contribution in [0.15, 0.2) is 16.6 Å². The van der Waals surface area contributed by atoms with Crippen LogP contribution in [0.2, 0.25) is 0 Å². The van der Waals surface area contributed by atoms with E-state index in [9.17, 15) is 17.6 Å². The Morgan fingerprint density at radius 2 is 2.11 bits per heavy atom. The van der Waals surface area contributed by atoms with E-state index >= 15 is 0 Å². The molecule has 0 radical (unpaired) electrons. The predicted octanol–water partition coefficient (Wildman–Crippen LogP) is 2.20. The van der Waals surface area contributed by atoms with E-state index in [0.29, 0.717) is 5.56 Å². The predicted molar refractivity (Wildman–Crippen MR) is 72.9 cm³/mol. The summed E-state index contributed by atoms with van der Waals surface area (Å²) in [6.45, 7) is 3.29. The molecule has 0 fully saturated rings. The van der Waals surface area contributed by atoms with Crippen molar-refractivity contribution in [2.45, 2.75) is 13.8 Å². The number of sulfonamides is 1. The van der Waals surface area contributed by atoms with Crippen LogP contribution < -0.4 is 4.72 Å². The molecule has 0 atom stereocenters. The Labute approximate surface area is 119 Å². The Morgan fingerprint density at radius 3 is 2.68 bits per heavy atom. The van der Waals surface area contributed by atoms with Crippen molar-refractivity contribution >= 4 is 37.6 Å². The maximum atomic E-state index is 13.3. The molecule has 0 aliphatic carbocycles. The number of carbonyl (C=O) groups is 1. The molecule has 1 rings (SSSR count). The maximum Gasteiger partial charge on any atom is 0.323 e. The number of hydrogen-bond donors (Lipinski definition) is 1. The first-order valence-corrected chi connectivity index (χ1v) is 7.81. The molecular formula is C11H13BrFNO4S. The van der Waals surface area contributed by atoms with Gasteiger partial charge in [0.05, 0.1) is 16.8 Å². The van der Waals surface area contributed by atoms with Gasteiger partial charge < -0.3 is 4.74 Å². The third-order valence-electron chi connectivity index (χ3n) is 2.15. The quantitative estimate of drug-likeness (QED) is 0.823. The van der Waals surface area contributed by atoms with E-state index in [1.807, 2.05) is 0 Å². The third-order valence-corrected chi connectivity index (χ3v) is 3.90. The molecule has 0 amide bonds. The molecule has 0 bridgehead atoms. The highest BCUT2D eigenvalue weighted by atomic mass is 79.9. The Kier molecular flexibility index (Phi) is 5.30. The van der Waals surface area contributed by atoms with Gasteiger partial charge in [-0.25, -0.2) is 12.8 Å². The van der Waals surface area contributed by atoms with E-state index in [1.165, 1.54) is 6.07 Å². The number of anilines is 1. The number of ether oxygens (including phenoxy) is 1. The minimum atomic E-state index is -3.91. The van der Waals surface area contributed by atoms with Gasteiger partial charge in [0, 0.05) is 0 Å². The summed E-state index contributed by atoms with van der Waals surface area (Å²) >= 11 is 2.99. The first-order chi connectivity index (χ1) is 8.75. The lowest BCUT2D eigenvalue weighted by atomic mass is 10.2. The van der Waals surface area contributed by atoms with Crippen molar-refractivity contribution in [2.75, 3.05) is 17.1 Å². The van der Waals surface area contributed by atoms with Gasteiger partial charge in [-0.1, -0.05) is 0 Å². The lowest BCUT2D eigenvalue weighted by molar-refractivity contribution is -0.139. The SMILES string of the molecule is CCOC(=O)CS(=O)(=O)Nc1cc(F)c(Br)cc1C. The summed E-state index contributed by atoms with van der Waals surface area (Å²) in [6.07, 6.45) is 0. The normalized spacial score (nSPS) is 11.2. The summed E-state index contributed by atoms with van der Waals surface area (Å²) in [6, 6.07) is 2.49. The number of esters is 1. The fourth-order valence-electron chi connectivity index (χ4n) is 1.32. The van der Waals surface area contributed by atoms with Crippen molar-refractivity contribution in [1.82, 2.24) is 0 Å². The standard InChI is InChI=1S/C11H13BrFNO4S/c1-3-18-11(15)6-19(16,17)14-10-5-9(13)8(12)4-7(10)2/h4-5,14H,3,6H2,1-2H3. The van der Waals surface area contributed by atoms with Crippen LogP contribution in [0.3, 0.4) is 0 Å². The van der Waals surface area contributed by atoms with E-state index in [1.54, 1.807) is 13.8 Å². The second kappa shape index (κ2) is 6.33. The summed E-state index contributed by atoms with van der Waals surface area (Å²) in [5.41, 5.74) is 0.616. The second-order valence-corrected chi connectivity index (χ2v) is 6.32. The molecule has 0 saturated heterocycles. The van der Waals surface area contributed by atoms with Gasteiger partial charge in [-0.15, -0.1) is 0 Å². The molecule has 0 heterocycles. The van der Waals surface area contributed by atoms with Gasteiger partial charge in [-0.05, 0) is 47.5 Å². The van der Waals surface area contributed by atoms with Crippen LogP contribution in [-0.2, 0) is 19.6 Å². The molecule has 5 nitrogen and oxygen atoms in total. The zero-order valence-electron chi connectivity index (χ0n) is 10.4. The monoisotopic (exact) mass is 353 g/mol. The van der Waals surface area contributed by atoms with E-state index in [2.05, 4.69) is 25.4 Å². The number of nitrogens with one attached hydrogen (secondary N) is 1. The fraction of sp³-hybridized carbons (Fsp3) is 0.364. The van der Waals surface area contributed by atoms with Crippen molar-refractivity contribution in [3.63, 3.8) is 0 Å². The first-order valence-electron chi connectivity index (χ1n) is 5.37. The summed E-state index contributed by atoms with van der Waals surface area (Å²) in [4.78, 5) is 11.1. The second-order valence-electron chi connectivity index (χ2n) is 3.75. The van der Waals surface area contributed by atoms with E-state index in [0.717, 1.165) is 6.07 Å². The van der Waals surface area contributed by atoms with Gasteiger partial charge in [-0.3, -0.25) is 9.52 Å². The molecule has 0 aliphatic rings. The summed E-state index contributed by atoms with van der Waals surface area (Å²) in [5.74, 6) is -2.26. The van der Waals surface area contributed by atoms with Gasteiger partial charge in [0.2, 0.25) is 10.0 Å². The molecule has 1 aromatic rings. The molecule has 0 saturated carbocycles.